The number of likely N-dealkylation sites (N-methyl/N-ethyl adjacent to an activating group) is 1. The van der Waals surface area contributed by atoms with Crippen LogP contribution in [0, 0.1) is 0 Å². The summed E-state index contributed by atoms with van der Waals surface area (Å²) in [6, 6.07) is 0.504. The van der Waals surface area contributed by atoms with Crippen LogP contribution >= 0.6 is 0 Å². The van der Waals surface area contributed by atoms with E-state index in [-0.39, 0.29) is 5.97 Å². The topological polar surface area (TPSA) is 41.6 Å². The first-order valence-corrected chi connectivity index (χ1v) is 5.38. The van der Waals surface area contributed by atoms with Crippen molar-refractivity contribution < 1.29 is 9.53 Å². The van der Waals surface area contributed by atoms with Gasteiger partial charge in [0.05, 0.1) is 13.2 Å². The van der Waals surface area contributed by atoms with Gasteiger partial charge in [-0.3, -0.25) is 9.69 Å². The van der Waals surface area contributed by atoms with Gasteiger partial charge in [0.25, 0.3) is 0 Å². The highest BCUT2D eigenvalue weighted by Gasteiger charge is 2.22. The van der Waals surface area contributed by atoms with Crippen molar-refractivity contribution in [3.05, 3.63) is 0 Å². The predicted octanol–water partition coefficient (Wildman–Crippen LogP) is 0.233. The van der Waals surface area contributed by atoms with Crippen LogP contribution in [0.4, 0.5) is 0 Å². The highest BCUT2D eigenvalue weighted by atomic mass is 16.5. The van der Waals surface area contributed by atoms with Crippen molar-refractivity contribution in [3.8, 4) is 0 Å². The molecule has 4 nitrogen and oxygen atoms in total. The lowest BCUT2D eigenvalue weighted by atomic mass is 10.2. The summed E-state index contributed by atoms with van der Waals surface area (Å²) >= 11 is 0. The number of rotatable bonds is 5. The Morgan fingerprint density at radius 2 is 2.36 bits per heavy atom. The molecule has 1 rings (SSSR count). The molecule has 0 amide bonds. The smallest absolute Gasteiger partial charge is 0.320 e. The Balaban J connectivity index is 2.33. The second-order valence-electron chi connectivity index (χ2n) is 3.51. The molecule has 1 atom stereocenters. The number of hydrogen-bond acceptors (Lipinski definition) is 4. The van der Waals surface area contributed by atoms with Gasteiger partial charge in [-0.2, -0.15) is 0 Å². The number of carbonyl (C=O) groups is 1. The summed E-state index contributed by atoms with van der Waals surface area (Å²) in [5.74, 6) is -0.110. The van der Waals surface area contributed by atoms with Gasteiger partial charge in [0.1, 0.15) is 0 Å². The van der Waals surface area contributed by atoms with E-state index in [1.807, 2.05) is 6.92 Å². The third kappa shape index (κ3) is 3.27. The number of nitrogens with one attached hydrogen (secondary N) is 1. The van der Waals surface area contributed by atoms with Crippen molar-refractivity contribution in [2.45, 2.75) is 26.3 Å². The highest BCUT2D eigenvalue weighted by Crippen LogP contribution is 2.07. The third-order valence-electron chi connectivity index (χ3n) is 2.59. The quantitative estimate of drug-likeness (QED) is 0.645. The molecule has 82 valence electrons. The van der Waals surface area contributed by atoms with Crippen molar-refractivity contribution in [1.29, 1.82) is 0 Å². The van der Waals surface area contributed by atoms with Crippen LogP contribution < -0.4 is 5.32 Å². The lowest BCUT2D eigenvalue weighted by Crippen LogP contribution is -2.40. The molecule has 1 aliphatic rings. The van der Waals surface area contributed by atoms with Crippen molar-refractivity contribution in [1.82, 2.24) is 10.2 Å². The summed E-state index contributed by atoms with van der Waals surface area (Å²) in [4.78, 5) is 13.5. The monoisotopic (exact) mass is 200 g/mol. The zero-order valence-electron chi connectivity index (χ0n) is 9.08. The first kappa shape index (κ1) is 11.5. The number of hydrogen-bond donors (Lipinski definition) is 1. The Hall–Kier alpha value is -0.610. The second-order valence-corrected chi connectivity index (χ2v) is 3.51. The molecular weight excluding hydrogens is 180 g/mol. The number of nitrogens with zero attached hydrogens (tertiary/aromatic N) is 1. The van der Waals surface area contributed by atoms with E-state index in [1.165, 1.54) is 0 Å². The van der Waals surface area contributed by atoms with Crippen LogP contribution in [0.3, 0.4) is 0 Å². The van der Waals surface area contributed by atoms with Gasteiger partial charge in [0.2, 0.25) is 0 Å². The molecule has 1 heterocycles. The average molecular weight is 200 g/mol. The molecule has 4 heteroatoms. The number of carbonyl (C=O) groups excluding carboxylic acids is 1. The first-order valence-electron chi connectivity index (χ1n) is 5.38. The van der Waals surface area contributed by atoms with Crippen molar-refractivity contribution in [3.63, 3.8) is 0 Å². The lowest BCUT2D eigenvalue weighted by Gasteiger charge is -2.25. The minimum absolute atomic E-state index is 0.110. The van der Waals surface area contributed by atoms with E-state index in [9.17, 15) is 4.79 Å². The van der Waals surface area contributed by atoms with E-state index >= 15 is 0 Å². The fourth-order valence-corrected chi connectivity index (χ4v) is 1.82. The second kappa shape index (κ2) is 5.98. The molecule has 0 aromatic carbocycles. The lowest BCUT2D eigenvalue weighted by molar-refractivity contribution is -0.144. The van der Waals surface area contributed by atoms with E-state index in [0.29, 0.717) is 19.2 Å². The SMILES string of the molecule is CCOC(=O)CN(CC)C1CCNC1. The van der Waals surface area contributed by atoms with E-state index in [0.717, 1.165) is 26.1 Å². The van der Waals surface area contributed by atoms with Crippen LogP contribution in [-0.2, 0) is 9.53 Å². The maximum absolute atomic E-state index is 11.3. The number of ether oxygens (including phenoxy) is 1. The van der Waals surface area contributed by atoms with Gasteiger partial charge in [-0.1, -0.05) is 6.92 Å². The molecule has 0 aromatic heterocycles. The van der Waals surface area contributed by atoms with Crippen LogP contribution in [0.25, 0.3) is 0 Å². The van der Waals surface area contributed by atoms with Gasteiger partial charge in [0, 0.05) is 12.6 Å². The summed E-state index contributed by atoms with van der Waals surface area (Å²) in [6.07, 6.45) is 1.13. The average Bonchev–Trinajstić information content (AvgIpc) is 2.67. The fourth-order valence-electron chi connectivity index (χ4n) is 1.82. The molecule has 0 radical (unpaired) electrons. The molecule has 1 N–H and O–H groups in total. The van der Waals surface area contributed by atoms with Crippen LogP contribution in [0.15, 0.2) is 0 Å². The highest BCUT2D eigenvalue weighted by molar-refractivity contribution is 5.71. The molecule has 0 saturated carbocycles. The van der Waals surface area contributed by atoms with Gasteiger partial charge in [-0.15, -0.1) is 0 Å². The van der Waals surface area contributed by atoms with E-state index < -0.39 is 0 Å². The molecule has 0 aromatic rings. The molecule has 1 fully saturated rings. The largest absolute Gasteiger partial charge is 0.465 e. The summed E-state index contributed by atoms with van der Waals surface area (Å²) in [6.45, 7) is 7.78. The van der Waals surface area contributed by atoms with Crippen LogP contribution in [0.1, 0.15) is 20.3 Å². The van der Waals surface area contributed by atoms with E-state index in [1.54, 1.807) is 0 Å². The first-order chi connectivity index (χ1) is 6.77. The molecule has 1 aliphatic heterocycles. The molecule has 0 aliphatic carbocycles. The minimum Gasteiger partial charge on any atom is -0.465 e. The molecular formula is C10H20N2O2. The zero-order valence-corrected chi connectivity index (χ0v) is 9.08. The fraction of sp³-hybridized carbons (Fsp3) is 0.900. The van der Waals surface area contributed by atoms with E-state index in [2.05, 4.69) is 17.1 Å². The molecule has 14 heavy (non-hydrogen) atoms. The Morgan fingerprint density at radius 3 is 2.86 bits per heavy atom. The maximum Gasteiger partial charge on any atom is 0.320 e. The van der Waals surface area contributed by atoms with Gasteiger partial charge in [-0.25, -0.2) is 0 Å². The Bertz CT molecular complexity index is 179. The summed E-state index contributed by atoms with van der Waals surface area (Å²) < 4.78 is 4.93. The summed E-state index contributed by atoms with van der Waals surface area (Å²) in [5.41, 5.74) is 0. The van der Waals surface area contributed by atoms with Gasteiger partial charge >= 0.3 is 5.97 Å². The van der Waals surface area contributed by atoms with Crippen molar-refractivity contribution in [2.24, 2.45) is 0 Å². The van der Waals surface area contributed by atoms with Crippen molar-refractivity contribution >= 4 is 5.97 Å². The maximum atomic E-state index is 11.3. The van der Waals surface area contributed by atoms with E-state index in [4.69, 9.17) is 4.74 Å². The van der Waals surface area contributed by atoms with Crippen molar-refractivity contribution in [2.75, 3.05) is 32.8 Å². The standard InChI is InChI=1S/C10H20N2O2/c1-3-12(8-10(13)14-4-2)9-5-6-11-7-9/h9,11H,3-8H2,1-2H3. The Morgan fingerprint density at radius 1 is 1.57 bits per heavy atom. The van der Waals surface area contributed by atoms with Crippen LogP contribution in [0.5, 0.6) is 0 Å². The van der Waals surface area contributed by atoms with Crippen LogP contribution in [-0.4, -0.2) is 49.7 Å². The normalized spacial score (nSPS) is 21.5. The van der Waals surface area contributed by atoms with Gasteiger partial charge in [-0.05, 0) is 26.4 Å². The van der Waals surface area contributed by atoms with Gasteiger partial charge in [0.15, 0.2) is 0 Å². The van der Waals surface area contributed by atoms with Gasteiger partial charge < -0.3 is 10.1 Å². The van der Waals surface area contributed by atoms with Crippen LogP contribution in [0.2, 0.25) is 0 Å². The molecule has 1 saturated heterocycles. The zero-order chi connectivity index (χ0) is 10.4. The predicted molar refractivity (Wildman–Crippen MR) is 55.2 cm³/mol. The summed E-state index contributed by atoms with van der Waals surface area (Å²) in [7, 11) is 0. The Kier molecular flexibility index (Phi) is 4.90. The minimum atomic E-state index is -0.110. The third-order valence-corrected chi connectivity index (χ3v) is 2.59. The molecule has 0 spiro atoms. The molecule has 0 bridgehead atoms. The Labute approximate surface area is 85.6 Å². The summed E-state index contributed by atoms with van der Waals surface area (Å²) in [5, 5.41) is 3.30. The molecule has 1 unspecified atom stereocenters. The number of esters is 1.